The zero-order valence-corrected chi connectivity index (χ0v) is 39.0. The number of aliphatic imine (C=N–C) groups is 4. The first kappa shape index (κ1) is 45.6. The quantitative estimate of drug-likeness (QED) is 0.168. The van der Waals surface area contributed by atoms with E-state index in [9.17, 15) is 21.6 Å². The number of carbonyl (C=O) groups is 1. The molecule has 7 heterocycles. The van der Waals surface area contributed by atoms with Gasteiger partial charge in [0.2, 0.25) is 20.0 Å². The fourth-order valence-electron chi connectivity index (χ4n) is 8.16. The normalized spacial score (nSPS) is 18.3. The zero-order valence-electron chi connectivity index (χ0n) is 35.8. The Balaban J connectivity index is 0.000000150. The summed E-state index contributed by atoms with van der Waals surface area (Å²) in [5.41, 5.74) is 4.28. The first-order valence-corrected chi connectivity index (χ1v) is 25.7. The SMILES string of the molecule is C1CCNC1.O=C1OCCN1S(=O)(=O)Cc1cccc(Oc2ccc3c(c2)C2=NCCN2C=N3)c1Cl.O=S(=O)(Cc1cccc(Oc2ccc3c(c2)C2=NCCN2C=N3)c1Cl)N1CCCC1. The van der Waals surface area contributed by atoms with Gasteiger partial charge in [0.1, 0.15) is 41.3 Å². The van der Waals surface area contributed by atoms with Gasteiger partial charge in [-0.05, 0) is 98.4 Å². The van der Waals surface area contributed by atoms with Crippen LogP contribution in [-0.4, -0.2) is 131 Å². The fraction of sp³-hybridized carbons (Fsp3) is 0.356. The number of nitrogens with one attached hydrogen (secondary N) is 1. The summed E-state index contributed by atoms with van der Waals surface area (Å²) in [6, 6.07) is 21.2. The minimum atomic E-state index is -3.91. The van der Waals surface area contributed by atoms with Gasteiger partial charge in [-0.2, -0.15) is 0 Å². The smallest absolute Gasteiger partial charge is 0.423 e. The van der Waals surface area contributed by atoms with E-state index in [0.717, 1.165) is 71.0 Å². The van der Waals surface area contributed by atoms with E-state index in [1.807, 2.05) is 40.1 Å². The number of nitrogens with zero attached hydrogens (tertiary/aromatic N) is 8. The number of amides is 1. The molecule has 0 atom stereocenters. The van der Waals surface area contributed by atoms with Crippen LogP contribution >= 0.6 is 23.2 Å². The molecule has 7 aliphatic heterocycles. The summed E-state index contributed by atoms with van der Waals surface area (Å²) in [6.07, 6.45) is 7.29. The number of benzene rings is 4. The van der Waals surface area contributed by atoms with Gasteiger partial charge in [-0.1, -0.05) is 47.5 Å². The first-order chi connectivity index (χ1) is 31.9. The molecule has 3 fully saturated rings. The van der Waals surface area contributed by atoms with Gasteiger partial charge in [-0.25, -0.2) is 40.2 Å². The van der Waals surface area contributed by atoms with Crippen LogP contribution in [0.25, 0.3) is 0 Å². The van der Waals surface area contributed by atoms with E-state index in [0.29, 0.717) is 58.8 Å². The summed E-state index contributed by atoms with van der Waals surface area (Å²) in [4.78, 5) is 33.6. The van der Waals surface area contributed by atoms with Crippen LogP contribution in [0, 0.1) is 0 Å². The molecule has 4 aromatic carbocycles. The summed E-state index contributed by atoms with van der Waals surface area (Å²) in [5, 5.41) is 3.70. The molecule has 0 aromatic heterocycles. The molecule has 3 saturated heterocycles. The number of amidine groups is 2. The van der Waals surface area contributed by atoms with Crippen molar-refractivity contribution in [2.24, 2.45) is 20.0 Å². The second kappa shape index (κ2) is 19.7. The highest BCUT2D eigenvalue weighted by Gasteiger charge is 2.34. The fourth-order valence-corrected chi connectivity index (χ4v) is 11.8. The largest absolute Gasteiger partial charge is 0.456 e. The molecule has 1 amide bonds. The molecule has 17 nitrogen and oxygen atoms in total. The first-order valence-electron chi connectivity index (χ1n) is 21.7. The van der Waals surface area contributed by atoms with Crippen LogP contribution < -0.4 is 14.8 Å². The van der Waals surface area contributed by atoms with Crippen LogP contribution in [0.5, 0.6) is 23.0 Å². The average Bonchev–Trinajstić information content (AvgIpc) is 4.17. The Labute approximate surface area is 393 Å². The summed E-state index contributed by atoms with van der Waals surface area (Å²) in [6.45, 7) is 6.75. The van der Waals surface area contributed by atoms with Crippen molar-refractivity contribution in [3.05, 3.63) is 105 Å². The van der Waals surface area contributed by atoms with Gasteiger partial charge in [-0.3, -0.25) is 9.98 Å². The lowest BCUT2D eigenvalue weighted by atomic mass is 10.1. The predicted molar refractivity (Wildman–Crippen MR) is 255 cm³/mol. The predicted octanol–water partition coefficient (Wildman–Crippen LogP) is 7.31. The Hall–Kier alpha value is -5.57. The Morgan fingerprint density at radius 3 is 1.62 bits per heavy atom. The van der Waals surface area contributed by atoms with Crippen molar-refractivity contribution in [3.63, 3.8) is 0 Å². The molecule has 0 saturated carbocycles. The van der Waals surface area contributed by atoms with E-state index in [4.69, 9.17) is 37.4 Å². The van der Waals surface area contributed by atoms with Crippen molar-refractivity contribution in [2.75, 3.05) is 65.5 Å². The highest BCUT2D eigenvalue weighted by atomic mass is 35.5. The molecule has 0 spiro atoms. The maximum absolute atomic E-state index is 12.7. The number of hydrogen-bond acceptors (Lipinski definition) is 15. The van der Waals surface area contributed by atoms with Crippen LogP contribution in [0.4, 0.5) is 16.2 Å². The number of hydrogen-bond donors (Lipinski definition) is 1. The Morgan fingerprint density at radius 2 is 1.15 bits per heavy atom. The maximum atomic E-state index is 12.7. The molecule has 11 rings (SSSR count). The molecular weight excluding hydrogens is 930 g/mol. The van der Waals surface area contributed by atoms with Crippen molar-refractivity contribution in [1.82, 2.24) is 23.7 Å². The lowest BCUT2D eigenvalue weighted by Gasteiger charge is -2.21. The van der Waals surface area contributed by atoms with Gasteiger partial charge in [0.05, 0.1) is 65.2 Å². The summed E-state index contributed by atoms with van der Waals surface area (Å²) in [5.74, 6) is 3.02. The van der Waals surface area contributed by atoms with Crippen LogP contribution in [-0.2, 0) is 36.3 Å². The van der Waals surface area contributed by atoms with Gasteiger partial charge in [0.15, 0.2) is 0 Å². The number of rotatable bonds is 10. The van der Waals surface area contributed by atoms with Gasteiger partial charge in [0, 0.05) is 37.3 Å². The van der Waals surface area contributed by atoms with E-state index >= 15 is 0 Å². The van der Waals surface area contributed by atoms with E-state index in [-0.39, 0.29) is 23.9 Å². The maximum Gasteiger partial charge on any atom is 0.423 e. The number of carbonyl (C=O) groups excluding carboxylic acids is 1. The number of fused-ring (bicyclic) bond motifs is 6. The topological polar surface area (TPSA) is 187 Å². The van der Waals surface area contributed by atoms with Gasteiger partial charge < -0.3 is 29.3 Å². The third kappa shape index (κ3) is 10.1. The monoisotopic (exact) mass is 975 g/mol. The molecule has 4 aromatic rings. The molecule has 66 heavy (non-hydrogen) atoms. The highest BCUT2D eigenvalue weighted by molar-refractivity contribution is 7.89. The molecule has 21 heteroatoms. The number of cyclic esters (lactones) is 1. The molecule has 0 bridgehead atoms. The van der Waals surface area contributed by atoms with E-state index in [2.05, 4.69) is 25.3 Å². The average molecular weight is 977 g/mol. The molecule has 1 N–H and O–H groups in total. The number of halogens is 2. The Bertz CT molecular complexity index is 2860. The second-order valence-electron chi connectivity index (χ2n) is 16.1. The van der Waals surface area contributed by atoms with Crippen molar-refractivity contribution >= 4 is 85.1 Å². The van der Waals surface area contributed by atoms with E-state index < -0.39 is 31.9 Å². The third-order valence-corrected chi connectivity index (χ3v) is 15.9. The van der Waals surface area contributed by atoms with Crippen LogP contribution in [0.2, 0.25) is 10.0 Å². The van der Waals surface area contributed by atoms with Gasteiger partial charge in [-0.15, -0.1) is 0 Å². The van der Waals surface area contributed by atoms with Gasteiger partial charge in [0.25, 0.3) is 0 Å². The van der Waals surface area contributed by atoms with E-state index in [1.54, 1.807) is 55.1 Å². The minimum Gasteiger partial charge on any atom is -0.456 e. The van der Waals surface area contributed by atoms with E-state index in [1.165, 1.54) is 30.2 Å². The Kier molecular flexibility index (Phi) is 13.6. The molecule has 0 aliphatic carbocycles. The zero-order chi connectivity index (χ0) is 45.8. The molecule has 0 unspecified atom stereocenters. The molecular formula is C45H47Cl2N9O8S2. The summed E-state index contributed by atoms with van der Waals surface area (Å²) < 4.78 is 69.5. The standard InChI is InChI=1S/C21H21ClN4O3S.C20H17ClN4O5S.C4H9N/c22-20-15(13-30(27,28)26-9-1-2-10-26)4-3-5-19(20)29-16-6-7-18-17(12-16)21-23-8-11-25(21)14-24-18;21-18-13(11-31(27,28)25-8-9-29-20(25)26)2-1-3-17(18)30-14-4-5-16-15(10-14)19-22-6-7-24(19)12-23-16;1-2-4-5-3-1/h3-7,12,14H,1-2,8-11,13H2;1-5,10,12H,6-9,11H2;5H,1-4H2. The Morgan fingerprint density at radius 1 is 0.636 bits per heavy atom. The van der Waals surface area contributed by atoms with Crippen molar-refractivity contribution in [3.8, 4) is 23.0 Å². The molecule has 7 aliphatic rings. The number of sulfonamides is 2. The summed E-state index contributed by atoms with van der Waals surface area (Å²) >= 11 is 13.0. The van der Waals surface area contributed by atoms with Gasteiger partial charge >= 0.3 is 6.09 Å². The van der Waals surface area contributed by atoms with Crippen molar-refractivity contribution < 1.29 is 35.8 Å². The third-order valence-electron chi connectivity index (χ3n) is 11.5. The summed E-state index contributed by atoms with van der Waals surface area (Å²) in [7, 11) is -7.31. The van der Waals surface area contributed by atoms with Crippen LogP contribution in [0.3, 0.4) is 0 Å². The second-order valence-corrected chi connectivity index (χ2v) is 20.7. The molecule has 0 radical (unpaired) electrons. The van der Waals surface area contributed by atoms with Crippen LogP contribution in [0.1, 0.15) is 47.9 Å². The lowest BCUT2D eigenvalue weighted by molar-refractivity contribution is 0.170. The number of ether oxygens (including phenoxy) is 3. The highest BCUT2D eigenvalue weighted by Crippen LogP contribution is 2.38. The van der Waals surface area contributed by atoms with Crippen molar-refractivity contribution in [1.29, 1.82) is 0 Å². The lowest BCUT2D eigenvalue weighted by Crippen LogP contribution is -2.32. The van der Waals surface area contributed by atoms with Crippen molar-refractivity contribution in [2.45, 2.75) is 37.2 Å². The molecule has 346 valence electrons. The minimum absolute atomic E-state index is 0.00646. The van der Waals surface area contributed by atoms with Crippen LogP contribution in [0.15, 0.2) is 92.8 Å².